The van der Waals surface area contributed by atoms with Crippen LogP contribution in [0.15, 0.2) is 223 Å². The Hall–Kier alpha value is -7.48. The molecule has 0 bridgehead atoms. The predicted octanol–water partition coefficient (Wildman–Crippen LogP) is 15.9. The van der Waals surface area contributed by atoms with Gasteiger partial charge in [0.25, 0.3) is 0 Å². The highest BCUT2D eigenvalue weighted by atomic mass is 16.3. The quantitative estimate of drug-likeness (QED) is 0.156. The molecule has 0 aliphatic rings. The van der Waals surface area contributed by atoms with Crippen molar-refractivity contribution in [2.75, 3.05) is 0 Å². The van der Waals surface area contributed by atoms with Gasteiger partial charge in [-0.25, -0.2) is 0 Å². The molecule has 0 spiro atoms. The van der Waals surface area contributed by atoms with E-state index in [-0.39, 0.29) is 0 Å². The molecular weight excluding hydrogens is 689 g/mol. The summed E-state index contributed by atoms with van der Waals surface area (Å²) in [5.41, 5.74) is 14.0. The number of furan rings is 1. The highest BCUT2D eigenvalue weighted by Crippen LogP contribution is 2.45. The first kappa shape index (κ1) is 32.9. The first-order valence-electron chi connectivity index (χ1n) is 19.6. The van der Waals surface area contributed by atoms with Gasteiger partial charge in [-0.1, -0.05) is 194 Å². The molecule has 0 radical (unpaired) electrons. The number of rotatable bonds is 6. The predicted molar refractivity (Wildman–Crippen MR) is 241 cm³/mol. The molecule has 0 saturated heterocycles. The van der Waals surface area contributed by atoms with E-state index in [4.69, 9.17) is 4.42 Å². The number of fused-ring (bicyclic) bond motifs is 4. The normalized spacial score (nSPS) is 11.5. The number of hydrogen-bond donors (Lipinski definition) is 0. The Morgan fingerprint density at radius 2 is 0.614 bits per heavy atom. The summed E-state index contributed by atoms with van der Waals surface area (Å²) in [5.74, 6) is 0.897. The molecule has 0 N–H and O–H groups in total. The highest BCUT2D eigenvalue weighted by Gasteiger charge is 2.19. The molecule has 0 unspecified atom stereocenters. The maximum atomic E-state index is 6.68. The Morgan fingerprint density at radius 3 is 1.21 bits per heavy atom. The molecule has 0 aliphatic carbocycles. The van der Waals surface area contributed by atoms with Crippen LogP contribution < -0.4 is 0 Å². The molecule has 0 aliphatic heterocycles. The van der Waals surface area contributed by atoms with Crippen molar-refractivity contribution in [3.63, 3.8) is 0 Å². The molecule has 1 heteroatoms. The van der Waals surface area contributed by atoms with Crippen molar-refractivity contribution in [1.29, 1.82) is 0 Å². The lowest BCUT2D eigenvalue weighted by atomic mass is 9.85. The van der Waals surface area contributed by atoms with E-state index < -0.39 is 0 Å². The van der Waals surface area contributed by atoms with Gasteiger partial charge in [-0.2, -0.15) is 0 Å². The summed E-state index contributed by atoms with van der Waals surface area (Å²) < 4.78 is 6.68. The van der Waals surface area contributed by atoms with Crippen LogP contribution in [0.5, 0.6) is 0 Å². The van der Waals surface area contributed by atoms with Crippen molar-refractivity contribution >= 4 is 43.3 Å². The SMILES string of the molecule is c1ccc(-c2ccc(-c3c4ccccc4c(-c4ccc5cc(-c6ccc7c(-c8ccccc8)c(-c8ccccc8)oc7c6)ccc5c4)c4ccccc34)cc2)cc1. The van der Waals surface area contributed by atoms with E-state index >= 15 is 0 Å². The van der Waals surface area contributed by atoms with Crippen LogP contribution in [0.3, 0.4) is 0 Å². The lowest BCUT2D eigenvalue weighted by Gasteiger charge is -2.18. The molecule has 1 nitrogen and oxygen atoms in total. The van der Waals surface area contributed by atoms with Crippen LogP contribution >= 0.6 is 0 Å². The zero-order chi connectivity index (χ0) is 37.7. The van der Waals surface area contributed by atoms with Gasteiger partial charge in [0.05, 0.1) is 0 Å². The number of benzene rings is 10. The maximum Gasteiger partial charge on any atom is 0.143 e. The van der Waals surface area contributed by atoms with Crippen molar-refractivity contribution in [2.24, 2.45) is 0 Å². The molecule has 11 aromatic rings. The van der Waals surface area contributed by atoms with Crippen molar-refractivity contribution in [1.82, 2.24) is 0 Å². The number of hydrogen-bond acceptors (Lipinski definition) is 1. The van der Waals surface area contributed by atoms with Crippen molar-refractivity contribution in [2.45, 2.75) is 0 Å². The van der Waals surface area contributed by atoms with Gasteiger partial charge in [-0.05, 0) is 107 Å². The third kappa shape index (κ3) is 5.72. The zero-order valence-electron chi connectivity index (χ0n) is 31.2. The van der Waals surface area contributed by atoms with Gasteiger partial charge in [0, 0.05) is 16.5 Å². The van der Waals surface area contributed by atoms with Crippen molar-refractivity contribution < 1.29 is 4.42 Å². The molecule has 0 atom stereocenters. The minimum Gasteiger partial charge on any atom is -0.455 e. The molecule has 11 rings (SSSR count). The molecule has 0 fully saturated rings. The van der Waals surface area contributed by atoms with Gasteiger partial charge in [0.2, 0.25) is 0 Å². The largest absolute Gasteiger partial charge is 0.455 e. The van der Waals surface area contributed by atoms with E-state index in [2.05, 4.69) is 212 Å². The Balaban J connectivity index is 1.00. The molecule has 10 aromatic carbocycles. The van der Waals surface area contributed by atoms with Crippen LogP contribution in [0.2, 0.25) is 0 Å². The fourth-order valence-corrected chi connectivity index (χ4v) is 8.75. The summed E-state index contributed by atoms with van der Waals surface area (Å²) >= 11 is 0. The van der Waals surface area contributed by atoms with Gasteiger partial charge in [-0.15, -0.1) is 0 Å². The Morgan fingerprint density at radius 1 is 0.228 bits per heavy atom. The minimum atomic E-state index is 0.884. The van der Waals surface area contributed by atoms with Gasteiger partial charge in [0.1, 0.15) is 11.3 Å². The van der Waals surface area contributed by atoms with E-state index in [0.717, 1.165) is 44.5 Å². The summed E-state index contributed by atoms with van der Waals surface area (Å²) in [7, 11) is 0. The van der Waals surface area contributed by atoms with E-state index in [1.807, 2.05) is 6.07 Å². The Labute approximate surface area is 331 Å². The lowest BCUT2D eigenvalue weighted by Crippen LogP contribution is -1.91. The molecule has 1 heterocycles. The molecule has 266 valence electrons. The third-order valence-electron chi connectivity index (χ3n) is 11.5. The summed E-state index contributed by atoms with van der Waals surface area (Å²) in [4.78, 5) is 0. The van der Waals surface area contributed by atoms with Crippen LogP contribution in [-0.4, -0.2) is 0 Å². The van der Waals surface area contributed by atoms with Crippen LogP contribution in [0.4, 0.5) is 0 Å². The fraction of sp³-hybridized carbons (Fsp3) is 0. The summed E-state index contributed by atoms with van der Waals surface area (Å²) in [6, 6.07) is 78.7. The van der Waals surface area contributed by atoms with E-state index in [0.29, 0.717) is 0 Å². The van der Waals surface area contributed by atoms with Crippen molar-refractivity contribution in [3.05, 3.63) is 218 Å². The van der Waals surface area contributed by atoms with Crippen LogP contribution in [-0.2, 0) is 0 Å². The zero-order valence-corrected chi connectivity index (χ0v) is 31.2. The van der Waals surface area contributed by atoms with Gasteiger partial charge < -0.3 is 4.42 Å². The van der Waals surface area contributed by atoms with Gasteiger partial charge in [0.15, 0.2) is 0 Å². The molecule has 0 amide bonds. The summed E-state index contributed by atoms with van der Waals surface area (Å²) in [6.07, 6.45) is 0. The van der Waals surface area contributed by atoms with Gasteiger partial charge in [-0.3, -0.25) is 0 Å². The first-order chi connectivity index (χ1) is 28.3. The average molecular weight is 725 g/mol. The topological polar surface area (TPSA) is 13.1 Å². The molecule has 57 heavy (non-hydrogen) atoms. The first-order valence-corrected chi connectivity index (χ1v) is 19.6. The van der Waals surface area contributed by atoms with Crippen LogP contribution in [0.1, 0.15) is 0 Å². The van der Waals surface area contributed by atoms with Gasteiger partial charge >= 0.3 is 0 Å². The average Bonchev–Trinajstić information content (AvgIpc) is 3.68. The second-order valence-corrected chi connectivity index (χ2v) is 14.8. The van der Waals surface area contributed by atoms with E-state index in [1.54, 1.807) is 0 Å². The molecular formula is C56H36O. The Kier molecular flexibility index (Phi) is 7.89. The lowest BCUT2D eigenvalue weighted by molar-refractivity contribution is 0.632. The molecule has 0 saturated carbocycles. The van der Waals surface area contributed by atoms with E-state index in [9.17, 15) is 0 Å². The van der Waals surface area contributed by atoms with Crippen molar-refractivity contribution in [3.8, 4) is 67.0 Å². The second kappa shape index (κ2) is 13.7. The highest BCUT2D eigenvalue weighted by molar-refractivity contribution is 6.21. The third-order valence-corrected chi connectivity index (χ3v) is 11.5. The smallest absolute Gasteiger partial charge is 0.143 e. The van der Waals surface area contributed by atoms with Crippen LogP contribution in [0.25, 0.3) is 110 Å². The summed E-state index contributed by atoms with van der Waals surface area (Å²) in [6.45, 7) is 0. The van der Waals surface area contributed by atoms with E-state index in [1.165, 1.54) is 65.7 Å². The Bertz CT molecular complexity index is 3190. The minimum absolute atomic E-state index is 0.884. The summed E-state index contributed by atoms with van der Waals surface area (Å²) in [5, 5.41) is 8.55. The molecule has 1 aromatic heterocycles. The van der Waals surface area contributed by atoms with Crippen LogP contribution in [0, 0.1) is 0 Å². The fourth-order valence-electron chi connectivity index (χ4n) is 8.75. The standard InChI is InChI=1S/C56H36O/c1-4-14-37(15-5-1)38-24-26-40(27-25-38)53-47-20-10-12-22-49(47)54(50-23-13-11-21-48(50)53)46-31-30-42-34-43(28-29-44(42)35-46)45-32-33-51-52(36-45)57-56(41-18-8-3-9-19-41)55(51)39-16-6-2-7-17-39/h1-36H. The maximum absolute atomic E-state index is 6.68. The second-order valence-electron chi connectivity index (χ2n) is 14.8. The monoisotopic (exact) mass is 724 g/mol.